The van der Waals surface area contributed by atoms with Gasteiger partial charge in [0.15, 0.2) is 11.7 Å². The third-order valence-corrected chi connectivity index (χ3v) is 1.45. The van der Waals surface area contributed by atoms with E-state index in [2.05, 4.69) is 10.7 Å². The number of nitrogens with zero attached hydrogens (tertiary/aromatic N) is 1. The molecule has 1 heterocycles. The molecule has 0 unspecified atom stereocenters. The third-order valence-electron chi connectivity index (χ3n) is 1.45. The second kappa shape index (κ2) is 2.26. The highest BCUT2D eigenvalue weighted by Crippen LogP contribution is 2.15. The lowest BCUT2D eigenvalue weighted by Crippen LogP contribution is -1.72. The largest absolute Gasteiger partial charge is 0.441 e. The second-order valence-electron chi connectivity index (χ2n) is 2.32. The van der Waals surface area contributed by atoms with Gasteiger partial charge in [-0.3, -0.25) is 0 Å². The summed E-state index contributed by atoms with van der Waals surface area (Å²) >= 11 is 0. The van der Waals surface area contributed by atoms with Crippen LogP contribution < -0.4 is 0 Å². The number of fused-ring (bicyclic) bond motifs is 1. The van der Waals surface area contributed by atoms with Gasteiger partial charge in [0.1, 0.15) is 5.69 Å². The summed E-state index contributed by atoms with van der Waals surface area (Å²) in [5, 5.41) is 0. The topological polar surface area (TPSA) is 26.0 Å². The Bertz CT molecular complexity index is 365. The number of allylic oxidation sites excluding steroid dienone is 2. The number of aromatic nitrogens is 1. The van der Waals surface area contributed by atoms with Crippen LogP contribution in [-0.4, -0.2) is 4.98 Å². The Morgan fingerprint density at radius 1 is 1.55 bits per heavy atom. The summed E-state index contributed by atoms with van der Waals surface area (Å²) in [5.74, 6) is 1.50. The number of hydrogen-bond acceptors (Lipinski definition) is 2. The van der Waals surface area contributed by atoms with Crippen LogP contribution in [0, 0.1) is 6.92 Å². The maximum Gasteiger partial charge on any atom is 0.192 e. The lowest BCUT2D eigenvalue weighted by atomic mass is 10.3. The predicted molar refractivity (Wildman–Crippen MR) is 42.8 cm³/mol. The highest BCUT2D eigenvalue weighted by molar-refractivity contribution is 5.61. The van der Waals surface area contributed by atoms with Crippen molar-refractivity contribution >= 4 is 12.2 Å². The smallest absolute Gasteiger partial charge is 0.192 e. The SMILES string of the molecule is Cc1nc2c(o1)C=CC=C=C2. The molecule has 1 aromatic rings. The van der Waals surface area contributed by atoms with Crippen molar-refractivity contribution in [2.45, 2.75) is 6.92 Å². The van der Waals surface area contributed by atoms with Gasteiger partial charge in [0.25, 0.3) is 0 Å². The summed E-state index contributed by atoms with van der Waals surface area (Å²) in [6.45, 7) is 1.83. The Hall–Kier alpha value is -1.53. The zero-order chi connectivity index (χ0) is 7.68. The molecule has 1 aliphatic carbocycles. The van der Waals surface area contributed by atoms with E-state index in [9.17, 15) is 0 Å². The van der Waals surface area contributed by atoms with Gasteiger partial charge in [0.05, 0.1) is 0 Å². The minimum Gasteiger partial charge on any atom is -0.441 e. The Labute approximate surface area is 64.6 Å². The van der Waals surface area contributed by atoms with Gasteiger partial charge < -0.3 is 4.42 Å². The van der Waals surface area contributed by atoms with E-state index < -0.39 is 0 Å². The average Bonchev–Trinajstić information content (AvgIpc) is 2.17. The monoisotopic (exact) mass is 145 g/mol. The fraction of sp³-hybridized carbons (Fsp3) is 0.111. The number of rotatable bonds is 0. The molecule has 0 aromatic carbocycles. The first kappa shape index (κ1) is 6.20. The fourth-order valence-electron chi connectivity index (χ4n) is 1.000. The van der Waals surface area contributed by atoms with Crippen LogP contribution in [0.2, 0.25) is 0 Å². The van der Waals surface area contributed by atoms with E-state index in [0.717, 1.165) is 11.5 Å². The van der Waals surface area contributed by atoms with Crippen LogP contribution >= 0.6 is 0 Å². The molecule has 0 saturated carbocycles. The molecule has 0 atom stereocenters. The molecule has 2 heteroatoms. The molecule has 0 radical (unpaired) electrons. The summed E-state index contributed by atoms with van der Waals surface area (Å²) in [5.41, 5.74) is 3.81. The number of oxazole rings is 1. The summed E-state index contributed by atoms with van der Waals surface area (Å²) in [6.07, 6.45) is 7.40. The Morgan fingerprint density at radius 2 is 2.45 bits per heavy atom. The number of hydrogen-bond donors (Lipinski definition) is 0. The first-order chi connectivity index (χ1) is 5.36. The predicted octanol–water partition coefficient (Wildman–Crippen LogP) is 2.18. The van der Waals surface area contributed by atoms with Crippen molar-refractivity contribution in [3.8, 4) is 0 Å². The van der Waals surface area contributed by atoms with E-state index in [4.69, 9.17) is 4.42 Å². The van der Waals surface area contributed by atoms with Crippen LogP contribution in [0.25, 0.3) is 12.2 Å². The highest BCUT2D eigenvalue weighted by Gasteiger charge is 2.04. The zero-order valence-corrected chi connectivity index (χ0v) is 6.16. The maximum absolute atomic E-state index is 5.30. The van der Waals surface area contributed by atoms with Crippen LogP contribution in [0.4, 0.5) is 0 Å². The van der Waals surface area contributed by atoms with Crippen molar-refractivity contribution in [1.29, 1.82) is 0 Å². The van der Waals surface area contributed by atoms with Crippen LogP contribution in [0.15, 0.2) is 22.3 Å². The van der Waals surface area contributed by atoms with Crippen molar-refractivity contribution in [3.63, 3.8) is 0 Å². The summed E-state index contributed by atoms with van der Waals surface area (Å²) in [7, 11) is 0. The quantitative estimate of drug-likeness (QED) is 0.523. The second-order valence-corrected chi connectivity index (χ2v) is 2.32. The van der Waals surface area contributed by atoms with Gasteiger partial charge in [0, 0.05) is 13.0 Å². The van der Waals surface area contributed by atoms with E-state index in [0.29, 0.717) is 5.89 Å². The van der Waals surface area contributed by atoms with Gasteiger partial charge in [-0.2, -0.15) is 0 Å². The lowest BCUT2D eigenvalue weighted by Gasteiger charge is -1.81. The summed E-state index contributed by atoms with van der Waals surface area (Å²) in [4.78, 5) is 4.16. The fourth-order valence-corrected chi connectivity index (χ4v) is 1.000. The van der Waals surface area contributed by atoms with Gasteiger partial charge in [-0.05, 0) is 12.2 Å². The lowest BCUT2D eigenvalue weighted by molar-refractivity contribution is 0.513. The zero-order valence-electron chi connectivity index (χ0n) is 6.16. The third kappa shape index (κ3) is 1.04. The maximum atomic E-state index is 5.30. The van der Waals surface area contributed by atoms with Gasteiger partial charge in [-0.25, -0.2) is 4.98 Å². The van der Waals surface area contributed by atoms with Crippen LogP contribution in [0.5, 0.6) is 0 Å². The van der Waals surface area contributed by atoms with Gasteiger partial charge >= 0.3 is 0 Å². The van der Waals surface area contributed by atoms with E-state index in [1.54, 1.807) is 0 Å². The van der Waals surface area contributed by atoms with Crippen molar-refractivity contribution in [2.75, 3.05) is 0 Å². The Balaban J connectivity index is 2.66. The molecule has 2 rings (SSSR count). The average molecular weight is 145 g/mol. The summed E-state index contributed by atoms with van der Waals surface area (Å²) < 4.78 is 5.30. The van der Waals surface area contributed by atoms with Gasteiger partial charge in [-0.1, -0.05) is 6.08 Å². The molecule has 0 bridgehead atoms. The van der Waals surface area contributed by atoms with Gasteiger partial charge in [-0.15, -0.1) is 5.73 Å². The molecular weight excluding hydrogens is 138 g/mol. The highest BCUT2D eigenvalue weighted by atomic mass is 16.4. The van der Waals surface area contributed by atoms with E-state index in [1.165, 1.54) is 0 Å². The van der Waals surface area contributed by atoms with Crippen molar-refractivity contribution < 1.29 is 4.42 Å². The molecule has 54 valence electrons. The summed E-state index contributed by atoms with van der Waals surface area (Å²) in [6, 6.07) is 0. The Kier molecular flexibility index (Phi) is 1.27. The Morgan fingerprint density at radius 3 is 3.36 bits per heavy atom. The molecular formula is C9H7NO. The normalized spacial score (nSPS) is 13.2. The molecule has 0 saturated heterocycles. The molecule has 0 spiro atoms. The molecule has 0 aliphatic heterocycles. The van der Waals surface area contributed by atoms with E-state index in [1.807, 2.05) is 31.2 Å². The molecule has 2 nitrogen and oxygen atoms in total. The van der Waals surface area contributed by atoms with E-state index in [-0.39, 0.29) is 0 Å². The van der Waals surface area contributed by atoms with Crippen LogP contribution in [-0.2, 0) is 0 Å². The van der Waals surface area contributed by atoms with Crippen molar-refractivity contribution in [2.24, 2.45) is 0 Å². The van der Waals surface area contributed by atoms with Crippen molar-refractivity contribution in [1.82, 2.24) is 4.98 Å². The molecule has 1 aromatic heterocycles. The van der Waals surface area contributed by atoms with Gasteiger partial charge in [0.2, 0.25) is 0 Å². The number of aryl methyl sites for hydroxylation is 1. The minimum atomic E-state index is 0.694. The first-order valence-corrected chi connectivity index (χ1v) is 3.43. The van der Waals surface area contributed by atoms with E-state index >= 15 is 0 Å². The van der Waals surface area contributed by atoms with Crippen LogP contribution in [0.1, 0.15) is 17.3 Å². The molecule has 0 N–H and O–H groups in total. The first-order valence-electron chi connectivity index (χ1n) is 3.43. The van der Waals surface area contributed by atoms with Crippen LogP contribution in [0.3, 0.4) is 0 Å². The standard InChI is InChI=1S/C9H7NO/c1-7-10-8-5-3-2-4-6-9(8)11-7/h2,4-6H,1H3. The minimum absolute atomic E-state index is 0.694. The molecule has 11 heavy (non-hydrogen) atoms. The van der Waals surface area contributed by atoms with Crippen molar-refractivity contribution in [3.05, 3.63) is 35.2 Å². The molecule has 1 aliphatic rings. The molecule has 0 fully saturated rings. The molecule has 0 amide bonds.